The van der Waals surface area contributed by atoms with E-state index in [1.165, 1.54) is 6.42 Å². The molecule has 0 spiro atoms. The van der Waals surface area contributed by atoms with Crippen molar-refractivity contribution >= 4 is 5.91 Å². The maximum atomic E-state index is 12.4. The lowest BCUT2D eigenvalue weighted by Crippen LogP contribution is -2.53. The summed E-state index contributed by atoms with van der Waals surface area (Å²) in [6.45, 7) is 3.72. The number of carbonyl (C=O) groups excluding carboxylic acids is 1. The fraction of sp³-hybridized carbons (Fsp3) is 0.923. The van der Waals surface area contributed by atoms with Crippen molar-refractivity contribution in [3.8, 4) is 0 Å². The van der Waals surface area contributed by atoms with Crippen molar-refractivity contribution in [2.75, 3.05) is 32.9 Å². The van der Waals surface area contributed by atoms with E-state index in [4.69, 9.17) is 9.47 Å². The number of morpholine rings is 2. The van der Waals surface area contributed by atoms with Crippen LogP contribution in [0.5, 0.6) is 0 Å². The molecule has 0 aromatic carbocycles. The Balaban J connectivity index is 1.57. The highest BCUT2D eigenvalue weighted by Crippen LogP contribution is 2.30. The zero-order chi connectivity index (χ0) is 12.4. The van der Waals surface area contributed by atoms with Crippen LogP contribution in [0.15, 0.2) is 0 Å². The monoisotopic (exact) mass is 254 g/mol. The molecule has 0 aromatic rings. The van der Waals surface area contributed by atoms with Gasteiger partial charge in [-0.15, -0.1) is 0 Å². The first kappa shape index (κ1) is 12.4. The van der Waals surface area contributed by atoms with Gasteiger partial charge in [0.05, 0.1) is 32.0 Å². The molecule has 1 amide bonds. The second-order valence-corrected chi connectivity index (χ2v) is 5.42. The molecule has 18 heavy (non-hydrogen) atoms. The zero-order valence-corrected chi connectivity index (χ0v) is 10.8. The quantitative estimate of drug-likeness (QED) is 0.762. The average Bonchev–Trinajstić information content (AvgIpc) is 2.87. The lowest BCUT2D eigenvalue weighted by atomic mass is 10.1. The van der Waals surface area contributed by atoms with Crippen LogP contribution in [0.1, 0.15) is 25.7 Å². The molecular weight excluding hydrogens is 232 g/mol. The van der Waals surface area contributed by atoms with Crippen LogP contribution in [0.3, 0.4) is 0 Å². The highest BCUT2D eigenvalue weighted by Gasteiger charge is 2.38. The highest BCUT2D eigenvalue weighted by atomic mass is 16.5. The number of hydrogen-bond donors (Lipinski definition) is 1. The number of nitrogens with one attached hydrogen (secondary N) is 1. The molecule has 1 saturated carbocycles. The minimum absolute atomic E-state index is 0.189. The fourth-order valence-electron chi connectivity index (χ4n) is 3.31. The van der Waals surface area contributed by atoms with Crippen molar-refractivity contribution in [1.29, 1.82) is 0 Å². The summed E-state index contributed by atoms with van der Waals surface area (Å²) in [6.07, 6.45) is 4.25. The predicted octanol–water partition coefficient (Wildman–Crippen LogP) is 0.145. The Morgan fingerprint density at radius 1 is 1.33 bits per heavy atom. The van der Waals surface area contributed by atoms with Gasteiger partial charge in [0, 0.05) is 25.6 Å². The number of amides is 1. The molecule has 2 saturated heterocycles. The highest BCUT2D eigenvalue weighted by molar-refractivity contribution is 5.77. The van der Waals surface area contributed by atoms with Gasteiger partial charge in [0.1, 0.15) is 0 Å². The molecule has 5 nitrogen and oxygen atoms in total. The lowest BCUT2D eigenvalue weighted by Gasteiger charge is -2.38. The van der Waals surface area contributed by atoms with Crippen molar-refractivity contribution in [2.24, 2.45) is 0 Å². The number of carbonyl (C=O) groups is 1. The van der Waals surface area contributed by atoms with Crippen LogP contribution in [0.4, 0.5) is 0 Å². The van der Waals surface area contributed by atoms with Gasteiger partial charge in [-0.1, -0.05) is 0 Å². The molecule has 1 aliphatic carbocycles. The van der Waals surface area contributed by atoms with E-state index in [2.05, 4.69) is 10.2 Å². The van der Waals surface area contributed by atoms with E-state index < -0.39 is 0 Å². The van der Waals surface area contributed by atoms with Crippen LogP contribution >= 0.6 is 0 Å². The molecule has 3 rings (SSSR count). The van der Waals surface area contributed by atoms with Crippen molar-refractivity contribution in [3.63, 3.8) is 0 Å². The number of nitrogens with zero attached hydrogens (tertiary/aromatic N) is 1. The summed E-state index contributed by atoms with van der Waals surface area (Å²) in [5.74, 6) is 0.262. The Bertz CT molecular complexity index is 305. The molecule has 0 aromatic heterocycles. The van der Waals surface area contributed by atoms with Crippen molar-refractivity contribution in [3.05, 3.63) is 0 Å². The third-order valence-electron chi connectivity index (χ3n) is 4.22. The van der Waals surface area contributed by atoms with Crippen molar-refractivity contribution in [2.45, 2.75) is 43.9 Å². The van der Waals surface area contributed by atoms with Gasteiger partial charge in [-0.05, 0) is 19.3 Å². The third kappa shape index (κ3) is 2.53. The van der Waals surface area contributed by atoms with E-state index in [0.29, 0.717) is 31.8 Å². The van der Waals surface area contributed by atoms with Crippen LogP contribution in [0.25, 0.3) is 0 Å². The summed E-state index contributed by atoms with van der Waals surface area (Å²) >= 11 is 0. The molecule has 5 heteroatoms. The Morgan fingerprint density at radius 2 is 2.28 bits per heavy atom. The van der Waals surface area contributed by atoms with Gasteiger partial charge in [0.2, 0.25) is 5.91 Å². The standard InChI is InChI=1S/C13H22N2O3/c16-13(8-10-9-17-6-4-14-10)15-5-7-18-12-3-1-2-11(12)15/h10-12,14H,1-9H2. The number of fused-ring (bicyclic) bond motifs is 1. The molecule has 1 N–H and O–H groups in total. The first-order chi connectivity index (χ1) is 8.84. The van der Waals surface area contributed by atoms with E-state index in [1.54, 1.807) is 0 Å². The molecule has 102 valence electrons. The third-order valence-corrected chi connectivity index (χ3v) is 4.22. The van der Waals surface area contributed by atoms with E-state index in [9.17, 15) is 4.79 Å². The van der Waals surface area contributed by atoms with Gasteiger partial charge in [-0.3, -0.25) is 4.79 Å². The molecule has 3 atom stereocenters. The van der Waals surface area contributed by atoms with Gasteiger partial charge >= 0.3 is 0 Å². The number of rotatable bonds is 2. The molecule has 2 aliphatic heterocycles. The maximum Gasteiger partial charge on any atom is 0.224 e. The summed E-state index contributed by atoms with van der Waals surface area (Å²) in [5.41, 5.74) is 0. The summed E-state index contributed by atoms with van der Waals surface area (Å²) in [5, 5.41) is 3.35. The molecular formula is C13H22N2O3. The summed E-state index contributed by atoms with van der Waals surface area (Å²) in [6, 6.07) is 0.518. The van der Waals surface area contributed by atoms with E-state index in [1.807, 2.05) is 0 Å². The van der Waals surface area contributed by atoms with Crippen LogP contribution in [-0.2, 0) is 14.3 Å². The molecule has 2 heterocycles. The lowest BCUT2D eigenvalue weighted by molar-refractivity contribution is -0.145. The Labute approximate surface area is 108 Å². The Hall–Kier alpha value is -0.650. The second-order valence-electron chi connectivity index (χ2n) is 5.42. The predicted molar refractivity (Wildman–Crippen MR) is 66.3 cm³/mol. The zero-order valence-electron chi connectivity index (χ0n) is 10.8. The fourth-order valence-corrected chi connectivity index (χ4v) is 3.31. The SMILES string of the molecule is O=C(CC1COCCN1)N1CCOC2CCCC21. The molecule has 3 fully saturated rings. The largest absolute Gasteiger partial charge is 0.378 e. The first-order valence-corrected chi connectivity index (χ1v) is 7.07. The van der Waals surface area contributed by atoms with Gasteiger partial charge in [0.15, 0.2) is 0 Å². The van der Waals surface area contributed by atoms with Gasteiger partial charge < -0.3 is 19.7 Å². The average molecular weight is 254 g/mol. The van der Waals surface area contributed by atoms with Crippen molar-refractivity contribution in [1.82, 2.24) is 10.2 Å². The van der Waals surface area contributed by atoms with Crippen LogP contribution in [0, 0.1) is 0 Å². The minimum atomic E-state index is 0.189. The van der Waals surface area contributed by atoms with Crippen LogP contribution < -0.4 is 5.32 Å². The maximum absolute atomic E-state index is 12.4. The van der Waals surface area contributed by atoms with Gasteiger partial charge in [0.25, 0.3) is 0 Å². The first-order valence-electron chi connectivity index (χ1n) is 7.07. The molecule has 3 unspecified atom stereocenters. The summed E-state index contributed by atoms with van der Waals surface area (Å²) in [7, 11) is 0. The summed E-state index contributed by atoms with van der Waals surface area (Å²) in [4.78, 5) is 14.4. The van der Waals surface area contributed by atoms with E-state index in [0.717, 1.165) is 32.5 Å². The summed E-state index contributed by atoms with van der Waals surface area (Å²) < 4.78 is 11.1. The van der Waals surface area contributed by atoms with Crippen LogP contribution in [0.2, 0.25) is 0 Å². The smallest absolute Gasteiger partial charge is 0.224 e. The minimum Gasteiger partial charge on any atom is -0.378 e. The van der Waals surface area contributed by atoms with Gasteiger partial charge in [-0.2, -0.15) is 0 Å². The number of hydrogen-bond acceptors (Lipinski definition) is 4. The topological polar surface area (TPSA) is 50.8 Å². The Kier molecular flexibility index (Phi) is 3.82. The van der Waals surface area contributed by atoms with E-state index >= 15 is 0 Å². The van der Waals surface area contributed by atoms with Crippen LogP contribution in [-0.4, -0.2) is 61.9 Å². The molecule has 0 radical (unpaired) electrons. The van der Waals surface area contributed by atoms with Gasteiger partial charge in [-0.25, -0.2) is 0 Å². The van der Waals surface area contributed by atoms with E-state index in [-0.39, 0.29) is 11.9 Å². The number of ether oxygens (including phenoxy) is 2. The molecule has 0 bridgehead atoms. The normalized spacial score (nSPS) is 36.4. The molecule has 3 aliphatic rings. The second kappa shape index (κ2) is 5.55. The van der Waals surface area contributed by atoms with Crippen molar-refractivity contribution < 1.29 is 14.3 Å². The Morgan fingerprint density at radius 3 is 3.11 bits per heavy atom.